The van der Waals surface area contributed by atoms with Gasteiger partial charge < -0.3 is 5.32 Å². The van der Waals surface area contributed by atoms with Gasteiger partial charge in [0.15, 0.2) is 0 Å². The molecule has 1 aromatic heterocycles. The van der Waals surface area contributed by atoms with Gasteiger partial charge in [-0.1, -0.05) is 25.1 Å². The van der Waals surface area contributed by atoms with E-state index in [-0.39, 0.29) is 11.3 Å². The van der Waals surface area contributed by atoms with Crippen LogP contribution in [0.25, 0.3) is 10.9 Å². The van der Waals surface area contributed by atoms with E-state index < -0.39 is 0 Å². The Kier molecular flexibility index (Phi) is 2.40. The lowest BCUT2D eigenvalue weighted by atomic mass is 9.65. The number of hydrogen-bond acceptors (Lipinski definition) is 2. The number of rotatable bonds is 0. The average Bonchev–Trinajstić information content (AvgIpc) is 2.80. The minimum absolute atomic E-state index is 0.197. The first-order valence-corrected chi connectivity index (χ1v) is 7.35. The van der Waals surface area contributed by atoms with E-state index in [1.54, 1.807) is 0 Å². The summed E-state index contributed by atoms with van der Waals surface area (Å²) in [6.45, 7) is 3.02. The third-order valence-electron chi connectivity index (χ3n) is 5.15. The Labute approximate surface area is 118 Å². The standard InChI is InChI=1S/C17H18N2O/c1-11-8-15-13(10-17(11)6-7-18-16(17)20)9-12-4-2-3-5-14(12)19-15/h2-5,9,11H,6-8,10H2,1H3,(H,18,20). The number of nitrogens with one attached hydrogen (secondary N) is 1. The van der Waals surface area contributed by atoms with Gasteiger partial charge in [0.05, 0.1) is 10.9 Å². The molecule has 2 unspecified atom stereocenters. The van der Waals surface area contributed by atoms with Gasteiger partial charge in [-0.25, -0.2) is 0 Å². The lowest BCUT2D eigenvalue weighted by molar-refractivity contribution is -0.130. The van der Waals surface area contributed by atoms with Gasteiger partial charge in [-0.3, -0.25) is 9.78 Å². The number of nitrogens with zero attached hydrogens (tertiary/aromatic N) is 1. The number of aromatic nitrogens is 1. The van der Waals surface area contributed by atoms with Crippen molar-refractivity contribution < 1.29 is 4.79 Å². The molecule has 1 aromatic carbocycles. The van der Waals surface area contributed by atoms with Crippen LogP contribution in [-0.4, -0.2) is 17.4 Å². The molecule has 1 saturated heterocycles. The zero-order chi connectivity index (χ0) is 13.7. The molecule has 0 saturated carbocycles. The number of hydrogen-bond donors (Lipinski definition) is 1. The number of carbonyl (C=O) groups excluding carboxylic acids is 1. The molecule has 1 N–H and O–H groups in total. The molecule has 3 nitrogen and oxygen atoms in total. The largest absolute Gasteiger partial charge is 0.356 e. The van der Waals surface area contributed by atoms with E-state index in [1.165, 1.54) is 16.6 Å². The molecule has 0 bridgehead atoms. The molecule has 4 rings (SSSR count). The maximum absolute atomic E-state index is 12.3. The molecule has 102 valence electrons. The van der Waals surface area contributed by atoms with Crippen molar-refractivity contribution in [1.82, 2.24) is 10.3 Å². The van der Waals surface area contributed by atoms with E-state index in [2.05, 4.69) is 30.4 Å². The predicted molar refractivity (Wildman–Crippen MR) is 78.4 cm³/mol. The van der Waals surface area contributed by atoms with Gasteiger partial charge in [0, 0.05) is 17.6 Å². The number of pyridine rings is 1. The molecule has 1 amide bonds. The quantitative estimate of drug-likeness (QED) is 0.796. The summed E-state index contributed by atoms with van der Waals surface area (Å²) in [5.74, 6) is 0.606. The molecule has 3 heteroatoms. The average molecular weight is 266 g/mol. The van der Waals surface area contributed by atoms with Crippen molar-refractivity contribution in [3.05, 3.63) is 41.6 Å². The summed E-state index contributed by atoms with van der Waals surface area (Å²) >= 11 is 0. The van der Waals surface area contributed by atoms with Crippen LogP contribution < -0.4 is 5.32 Å². The highest BCUT2D eigenvalue weighted by Crippen LogP contribution is 2.44. The van der Waals surface area contributed by atoms with Crippen LogP contribution in [0.5, 0.6) is 0 Å². The number of amides is 1. The van der Waals surface area contributed by atoms with Crippen LogP contribution in [-0.2, 0) is 17.6 Å². The third-order valence-corrected chi connectivity index (χ3v) is 5.15. The Morgan fingerprint density at radius 1 is 1.35 bits per heavy atom. The maximum atomic E-state index is 12.3. The highest BCUT2D eigenvalue weighted by atomic mass is 16.2. The van der Waals surface area contributed by atoms with Gasteiger partial charge in [0.1, 0.15) is 0 Å². The fraction of sp³-hybridized carbons (Fsp3) is 0.412. The van der Waals surface area contributed by atoms with Crippen LogP contribution in [0.3, 0.4) is 0 Å². The zero-order valence-electron chi connectivity index (χ0n) is 11.6. The maximum Gasteiger partial charge on any atom is 0.226 e. The van der Waals surface area contributed by atoms with Crippen molar-refractivity contribution in [3.8, 4) is 0 Å². The first-order valence-electron chi connectivity index (χ1n) is 7.35. The summed E-state index contributed by atoms with van der Waals surface area (Å²) in [4.78, 5) is 17.1. The Morgan fingerprint density at radius 3 is 3.00 bits per heavy atom. The summed E-state index contributed by atoms with van der Waals surface area (Å²) < 4.78 is 0. The van der Waals surface area contributed by atoms with Crippen LogP contribution in [0.1, 0.15) is 24.6 Å². The van der Waals surface area contributed by atoms with E-state index >= 15 is 0 Å². The fourth-order valence-electron chi connectivity index (χ4n) is 3.86. The molecule has 2 aliphatic rings. The Morgan fingerprint density at radius 2 is 2.20 bits per heavy atom. The molecule has 2 atom stereocenters. The van der Waals surface area contributed by atoms with Gasteiger partial charge in [0.25, 0.3) is 0 Å². The van der Waals surface area contributed by atoms with E-state index in [0.29, 0.717) is 5.92 Å². The van der Waals surface area contributed by atoms with Crippen molar-refractivity contribution in [1.29, 1.82) is 0 Å². The first kappa shape index (κ1) is 11.9. The second kappa shape index (κ2) is 4.05. The molecule has 2 heterocycles. The molecular formula is C17H18N2O. The van der Waals surface area contributed by atoms with Crippen molar-refractivity contribution in [3.63, 3.8) is 0 Å². The van der Waals surface area contributed by atoms with Gasteiger partial charge in [0.2, 0.25) is 5.91 Å². The summed E-state index contributed by atoms with van der Waals surface area (Å²) in [6.07, 6.45) is 2.71. The number of benzene rings is 1. The lowest BCUT2D eigenvalue weighted by Gasteiger charge is -2.37. The Bertz CT molecular complexity index is 709. The van der Waals surface area contributed by atoms with Gasteiger partial charge in [-0.2, -0.15) is 0 Å². The predicted octanol–water partition coefficient (Wildman–Crippen LogP) is 2.48. The lowest BCUT2D eigenvalue weighted by Crippen LogP contribution is -2.43. The van der Waals surface area contributed by atoms with Crippen molar-refractivity contribution in [2.24, 2.45) is 11.3 Å². The van der Waals surface area contributed by atoms with Crippen molar-refractivity contribution in [2.45, 2.75) is 26.2 Å². The fourth-order valence-corrected chi connectivity index (χ4v) is 3.86. The van der Waals surface area contributed by atoms with E-state index in [9.17, 15) is 4.79 Å². The monoisotopic (exact) mass is 266 g/mol. The highest BCUT2D eigenvalue weighted by molar-refractivity contribution is 5.86. The minimum Gasteiger partial charge on any atom is -0.356 e. The molecule has 1 spiro atoms. The molecule has 1 aliphatic carbocycles. The van der Waals surface area contributed by atoms with Crippen molar-refractivity contribution in [2.75, 3.05) is 6.54 Å². The number of carbonyl (C=O) groups is 1. The minimum atomic E-state index is -0.197. The Hall–Kier alpha value is -1.90. The Balaban J connectivity index is 1.85. The summed E-state index contributed by atoms with van der Waals surface area (Å²) in [7, 11) is 0. The summed E-state index contributed by atoms with van der Waals surface area (Å²) in [6, 6.07) is 10.5. The van der Waals surface area contributed by atoms with E-state index in [0.717, 1.165) is 31.3 Å². The normalized spacial score (nSPS) is 28.6. The topological polar surface area (TPSA) is 42.0 Å². The van der Waals surface area contributed by atoms with Crippen LogP contribution in [0.4, 0.5) is 0 Å². The van der Waals surface area contributed by atoms with Gasteiger partial charge >= 0.3 is 0 Å². The molecular weight excluding hydrogens is 248 g/mol. The van der Waals surface area contributed by atoms with Gasteiger partial charge in [-0.05, 0) is 42.9 Å². The summed E-state index contributed by atoms with van der Waals surface area (Å²) in [5.41, 5.74) is 3.31. The smallest absolute Gasteiger partial charge is 0.226 e. The molecule has 2 aromatic rings. The van der Waals surface area contributed by atoms with Crippen molar-refractivity contribution >= 4 is 16.8 Å². The van der Waals surface area contributed by atoms with Crippen LogP contribution in [0.15, 0.2) is 30.3 Å². The first-order chi connectivity index (χ1) is 9.69. The van der Waals surface area contributed by atoms with E-state index in [1.807, 2.05) is 12.1 Å². The highest BCUT2D eigenvalue weighted by Gasteiger charge is 2.49. The molecule has 1 aliphatic heterocycles. The summed E-state index contributed by atoms with van der Waals surface area (Å²) in [5, 5.41) is 4.19. The third kappa shape index (κ3) is 1.52. The van der Waals surface area contributed by atoms with Crippen LogP contribution >= 0.6 is 0 Å². The molecule has 1 fully saturated rings. The zero-order valence-corrected chi connectivity index (χ0v) is 11.6. The second-order valence-electron chi connectivity index (χ2n) is 6.23. The molecule has 0 radical (unpaired) electrons. The van der Waals surface area contributed by atoms with Crippen LogP contribution in [0, 0.1) is 11.3 Å². The van der Waals surface area contributed by atoms with Gasteiger partial charge in [-0.15, -0.1) is 0 Å². The van der Waals surface area contributed by atoms with Crippen LogP contribution in [0.2, 0.25) is 0 Å². The number of fused-ring (bicyclic) bond motifs is 2. The second-order valence-corrected chi connectivity index (χ2v) is 6.23. The SMILES string of the molecule is CC1Cc2nc3ccccc3cc2CC12CCNC2=O. The molecule has 20 heavy (non-hydrogen) atoms. The van der Waals surface area contributed by atoms with E-state index in [4.69, 9.17) is 4.98 Å². The number of para-hydroxylation sites is 1.